The fourth-order valence-electron chi connectivity index (χ4n) is 5.59. The maximum Gasteiger partial charge on any atom is 0.323 e. The standard InChI is InChI=1S/C31H35FN6O3/c1-20(21-8-6-5-7-9-21)34-30-33-17-14-25(35-30)27-26(22-10-12-23(32)13-11-22)28(39)38(36(27)4)24-15-18-37(19-16-24)31(2,3)29(40)41/h5-14,17,20,24H,15-16,18-19H2,1-4H3,(H,40,41)(H,33,34,35). The molecule has 0 radical (unpaired) electrons. The summed E-state index contributed by atoms with van der Waals surface area (Å²) in [4.78, 5) is 37.0. The Bertz CT molecular complexity index is 1590. The maximum atomic E-state index is 14.1. The van der Waals surface area contributed by atoms with Crippen LogP contribution in [-0.4, -0.2) is 53.9 Å². The first kappa shape index (κ1) is 28.2. The highest BCUT2D eigenvalue weighted by Crippen LogP contribution is 2.33. The lowest BCUT2D eigenvalue weighted by Gasteiger charge is -2.40. The van der Waals surface area contributed by atoms with Crippen LogP contribution in [0.5, 0.6) is 0 Å². The van der Waals surface area contributed by atoms with Crippen molar-refractivity contribution >= 4 is 11.9 Å². The molecule has 1 atom stereocenters. The average molecular weight is 559 g/mol. The third-order valence-electron chi connectivity index (χ3n) is 8.11. The Morgan fingerprint density at radius 2 is 1.73 bits per heavy atom. The zero-order valence-corrected chi connectivity index (χ0v) is 23.7. The number of likely N-dealkylation sites (tertiary alicyclic amines) is 1. The number of rotatable bonds is 8. The zero-order valence-electron chi connectivity index (χ0n) is 23.7. The number of aromatic nitrogens is 4. The van der Waals surface area contributed by atoms with Crippen LogP contribution in [0.1, 0.15) is 51.3 Å². The molecule has 1 fully saturated rings. The van der Waals surface area contributed by atoms with E-state index in [4.69, 9.17) is 4.98 Å². The van der Waals surface area contributed by atoms with Crippen LogP contribution in [0.3, 0.4) is 0 Å². The molecule has 2 N–H and O–H groups in total. The van der Waals surface area contributed by atoms with Crippen LogP contribution in [0.15, 0.2) is 71.7 Å². The van der Waals surface area contributed by atoms with E-state index in [1.165, 1.54) is 12.1 Å². The van der Waals surface area contributed by atoms with Gasteiger partial charge in [0.15, 0.2) is 0 Å². The quantitative estimate of drug-likeness (QED) is 0.309. The lowest BCUT2D eigenvalue weighted by atomic mass is 9.96. The number of halogens is 1. The minimum atomic E-state index is -0.990. The van der Waals surface area contributed by atoms with Crippen molar-refractivity contribution in [3.63, 3.8) is 0 Å². The molecule has 5 rings (SSSR count). The van der Waals surface area contributed by atoms with Crippen molar-refractivity contribution in [2.24, 2.45) is 7.05 Å². The summed E-state index contributed by atoms with van der Waals surface area (Å²) in [6.45, 7) is 6.52. The van der Waals surface area contributed by atoms with E-state index < -0.39 is 11.5 Å². The van der Waals surface area contributed by atoms with Gasteiger partial charge in [-0.2, -0.15) is 0 Å². The smallest absolute Gasteiger partial charge is 0.323 e. The highest BCUT2D eigenvalue weighted by molar-refractivity contribution is 5.79. The van der Waals surface area contributed by atoms with Gasteiger partial charge in [0.1, 0.15) is 11.4 Å². The van der Waals surface area contributed by atoms with Gasteiger partial charge in [0.25, 0.3) is 5.56 Å². The summed E-state index contributed by atoms with van der Waals surface area (Å²) in [5.74, 6) is -0.834. The summed E-state index contributed by atoms with van der Waals surface area (Å²) in [7, 11) is 1.83. The summed E-state index contributed by atoms with van der Waals surface area (Å²) in [6, 6.07) is 17.5. The van der Waals surface area contributed by atoms with Crippen molar-refractivity contribution in [1.29, 1.82) is 0 Å². The number of benzene rings is 2. The lowest BCUT2D eigenvalue weighted by Crippen LogP contribution is -2.53. The fourth-order valence-corrected chi connectivity index (χ4v) is 5.59. The van der Waals surface area contributed by atoms with E-state index in [0.717, 1.165) is 5.56 Å². The normalized spacial score (nSPS) is 15.5. The molecule has 0 spiro atoms. The highest BCUT2D eigenvalue weighted by Gasteiger charge is 2.38. The Balaban J connectivity index is 1.54. The van der Waals surface area contributed by atoms with Crippen molar-refractivity contribution in [3.05, 3.63) is 88.6 Å². The molecule has 1 aliphatic rings. The van der Waals surface area contributed by atoms with E-state index in [2.05, 4.69) is 10.3 Å². The van der Waals surface area contributed by atoms with Crippen LogP contribution in [0, 0.1) is 5.82 Å². The van der Waals surface area contributed by atoms with Gasteiger partial charge < -0.3 is 10.4 Å². The van der Waals surface area contributed by atoms with Gasteiger partial charge >= 0.3 is 5.97 Å². The predicted molar refractivity (Wildman–Crippen MR) is 156 cm³/mol. The molecule has 2 aromatic carbocycles. The molecule has 0 bridgehead atoms. The summed E-state index contributed by atoms with van der Waals surface area (Å²) in [6.07, 6.45) is 2.88. The molecule has 2 aromatic heterocycles. The van der Waals surface area contributed by atoms with Gasteiger partial charge in [0, 0.05) is 26.3 Å². The van der Waals surface area contributed by atoms with Crippen LogP contribution in [0.2, 0.25) is 0 Å². The maximum absolute atomic E-state index is 14.1. The largest absolute Gasteiger partial charge is 0.480 e. The van der Waals surface area contributed by atoms with Crippen molar-refractivity contribution in [2.45, 2.75) is 51.2 Å². The van der Waals surface area contributed by atoms with E-state index in [1.54, 1.807) is 42.9 Å². The molecule has 1 aliphatic heterocycles. The van der Waals surface area contributed by atoms with Crippen molar-refractivity contribution < 1.29 is 14.3 Å². The van der Waals surface area contributed by atoms with Gasteiger partial charge in [-0.25, -0.2) is 19.0 Å². The Hall–Kier alpha value is -4.31. The van der Waals surface area contributed by atoms with Gasteiger partial charge in [0.2, 0.25) is 5.95 Å². The van der Waals surface area contributed by atoms with E-state index in [-0.39, 0.29) is 23.5 Å². The van der Waals surface area contributed by atoms with Crippen LogP contribution < -0.4 is 10.9 Å². The number of aliphatic carboxylic acids is 1. The number of hydrogen-bond donors (Lipinski definition) is 2. The number of hydrogen-bond acceptors (Lipinski definition) is 6. The van der Waals surface area contributed by atoms with Gasteiger partial charge in [-0.05, 0) is 62.9 Å². The zero-order chi connectivity index (χ0) is 29.3. The topological polar surface area (TPSA) is 105 Å². The summed E-state index contributed by atoms with van der Waals surface area (Å²) >= 11 is 0. The lowest BCUT2D eigenvalue weighted by molar-refractivity contribution is -0.150. The molecule has 214 valence electrons. The Morgan fingerprint density at radius 1 is 1.07 bits per heavy atom. The Labute approximate surface area is 238 Å². The second-order valence-electron chi connectivity index (χ2n) is 11.0. The SMILES string of the molecule is CC(Nc1nccc(-c2c(-c3ccc(F)cc3)c(=O)n(C3CCN(C(C)(C)C(=O)O)CC3)n2C)n1)c1ccccc1. The number of anilines is 1. The van der Waals surface area contributed by atoms with E-state index in [9.17, 15) is 19.1 Å². The predicted octanol–water partition coefficient (Wildman–Crippen LogP) is 5.12. The van der Waals surface area contributed by atoms with Crippen molar-refractivity contribution in [3.8, 4) is 22.5 Å². The van der Waals surface area contributed by atoms with Gasteiger partial charge in [0.05, 0.1) is 29.0 Å². The first-order valence-electron chi connectivity index (χ1n) is 13.8. The van der Waals surface area contributed by atoms with Gasteiger partial charge in [-0.3, -0.25) is 19.2 Å². The summed E-state index contributed by atoms with van der Waals surface area (Å²) in [5.41, 5.74) is 2.09. The molecule has 1 saturated heterocycles. The molecule has 1 unspecified atom stereocenters. The molecule has 10 heteroatoms. The second kappa shape index (κ2) is 11.3. The van der Waals surface area contributed by atoms with E-state index in [0.29, 0.717) is 54.4 Å². The molecule has 3 heterocycles. The third kappa shape index (κ3) is 5.52. The second-order valence-corrected chi connectivity index (χ2v) is 11.0. The first-order chi connectivity index (χ1) is 19.6. The minimum absolute atomic E-state index is 0.0447. The fraction of sp³-hybridized carbons (Fsp3) is 0.355. The number of piperidine rings is 1. The molecule has 4 aromatic rings. The monoisotopic (exact) mass is 558 g/mol. The van der Waals surface area contributed by atoms with E-state index in [1.807, 2.05) is 53.9 Å². The van der Waals surface area contributed by atoms with Crippen molar-refractivity contribution in [1.82, 2.24) is 24.2 Å². The number of carboxylic acid groups (broad SMARTS) is 1. The average Bonchev–Trinajstić information content (AvgIpc) is 3.23. The third-order valence-corrected chi connectivity index (χ3v) is 8.11. The summed E-state index contributed by atoms with van der Waals surface area (Å²) < 4.78 is 17.4. The Kier molecular flexibility index (Phi) is 7.77. The number of carbonyl (C=O) groups is 1. The molecule has 0 saturated carbocycles. The van der Waals surface area contributed by atoms with Crippen LogP contribution in [0.4, 0.5) is 10.3 Å². The number of carboxylic acids is 1. The molecular weight excluding hydrogens is 523 g/mol. The molecule has 9 nitrogen and oxygen atoms in total. The molecule has 0 aliphatic carbocycles. The van der Waals surface area contributed by atoms with Crippen LogP contribution in [-0.2, 0) is 11.8 Å². The number of nitrogens with zero attached hydrogens (tertiary/aromatic N) is 5. The minimum Gasteiger partial charge on any atom is -0.480 e. The summed E-state index contributed by atoms with van der Waals surface area (Å²) in [5, 5.41) is 13.0. The number of nitrogens with one attached hydrogen (secondary N) is 1. The molecule has 0 amide bonds. The van der Waals surface area contributed by atoms with Crippen LogP contribution in [0.25, 0.3) is 22.5 Å². The first-order valence-corrected chi connectivity index (χ1v) is 13.8. The Morgan fingerprint density at radius 3 is 2.37 bits per heavy atom. The highest BCUT2D eigenvalue weighted by atomic mass is 19.1. The van der Waals surface area contributed by atoms with Crippen molar-refractivity contribution in [2.75, 3.05) is 18.4 Å². The van der Waals surface area contributed by atoms with Crippen LogP contribution >= 0.6 is 0 Å². The molecule has 41 heavy (non-hydrogen) atoms. The molecular formula is C31H35FN6O3. The van der Waals surface area contributed by atoms with Gasteiger partial charge in [-0.1, -0.05) is 42.5 Å². The van der Waals surface area contributed by atoms with E-state index >= 15 is 0 Å². The van der Waals surface area contributed by atoms with Gasteiger partial charge in [-0.15, -0.1) is 0 Å².